The monoisotopic (exact) mass is 583 g/mol. The summed E-state index contributed by atoms with van der Waals surface area (Å²) in [6.45, 7) is 3.98. The van der Waals surface area contributed by atoms with Crippen LogP contribution in [0.2, 0.25) is 0 Å². The van der Waals surface area contributed by atoms with E-state index in [1.807, 2.05) is 18.2 Å². The highest BCUT2D eigenvalue weighted by atomic mass is 127. The first-order valence-electron chi connectivity index (χ1n) is 11.4. The Hall–Kier alpha value is -3.32. The second-order valence-electron chi connectivity index (χ2n) is 8.63. The van der Waals surface area contributed by atoms with Crippen LogP contribution in [0.25, 0.3) is 27.9 Å². The first kappa shape index (κ1) is 22.2. The van der Waals surface area contributed by atoms with Crippen molar-refractivity contribution in [1.82, 2.24) is 34.4 Å². The number of imidazole rings is 2. The Morgan fingerprint density at radius 3 is 2.74 bits per heavy atom. The molecule has 0 spiro atoms. The van der Waals surface area contributed by atoms with Gasteiger partial charge in [0.1, 0.15) is 18.0 Å². The number of nitrogens with one attached hydrogen (secondary N) is 2. The van der Waals surface area contributed by atoms with Gasteiger partial charge in [-0.05, 0) is 66.0 Å². The number of nitrogens with zero attached hydrogens (tertiary/aromatic N) is 7. The van der Waals surface area contributed by atoms with Crippen molar-refractivity contribution in [1.29, 1.82) is 0 Å². The smallest absolute Gasteiger partial charge is 0.229 e. The molecule has 4 heterocycles. The second kappa shape index (κ2) is 9.04. The maximum atomic E-state index is 14.0. The molecule has 1 aliphatic rings. The summed E-state index contributed by atoms with van der Waals surface area (Å²) in [5, 5.41) is 3.41. The molecule has 9 nitrogen and oxygen atoms in total. The lowest BCUT2D eigenvalue weighted by Crippen LogP contribution is -2.45. The zero-order valence-corrected chi connectivity index (χ0v) is 21.2. The average molecular weight is 583 g/mol. The molecule has 1 fully saturated rings. The van der Waals surface area contributed by atoms with Gasteiger partial charge >= 0.3 is 0 Å². The number of rotatable bonds is 5. The van der Waals surface area contributed by atoms with Crippen LogP contribution in [0.4, 0.5) is 16.2 Å². The standard InChI is InChI=1S/C24H23FIN9/c1-33-7-9-34(10-8-33)24-31-22(27-13-20-29-18-6-5-16(26)12-19(18)30-20)21-23(32-24)35(14-28-21)17-4-2-3-15(25)11-17/h2-6,11-12,14H,7-10,13H2,1H3,(H,29,30)(H,27,31,32). The van der Waals surface area contributed by atoms with Gasteiger partial charge in [-0.2, -0.15) is 9.97 Å². The molecule has 35 heavy (non-hydrogen) atoms. The van der Waals surface area contributed by atoms with Gasteiger partial charge in [-0.1, -0.05) is 6.07 Å². The van der Waals surface area contributed by atoms with Gasteiger partial charge in [-0.15, -0.1) is 0 Å². The van der Waals surface area contributed by atoms with Crippen LogP contribution in [-0.4, -0.2) is 67.6 Å². The van der Waals surface area contributed by atoms with Gasteiger partial charge in [0.25, 0.3) is 0 Å². The Morgan fingerprint density at radius 2 is 1.91 bits per heavy atom. The number of H-pyrrole nitrogens is 1. The summed E-state index contributed by atoms with van der Waals surface area (Å²) < 4.78 is 16.9. The minimum atomic E-state index is -0.310. The fraction of sp³-hybridized carbons (Fsp3) is 0.250. The van der Waals surface area contributed by atoms with Gasteiger partial charge in [0.15, 0.2) is 17.0 Å². The third-order valence-electron chi connectivity index (χ3n) is 6.17. The molecule has 0 aliphatic carbocycles. The first-order valence-corrected chi connectivity index (χ1v) is 12.4. The van der Waals surface area contributed by atoms with Crippen molar-refractivity contribution >= 4 is 56.6 Å². The number of aromatic amines is 1. The molecule has 0 unspecified atom stereocenters. The van der Waals surface area contributed by atoms with Crippen LogP contribution in [0.15, 0.2) is 48.8 Å². The highest BCUT2D eigenvalue weighted by Crippen LogP contribution is 2.26. The third kappa shape index (κ3) is 4.41. The van der Waals surface area contributed by atoms with Gasteiger partial charge < -0.3 is 20.1 Å². The van der Waals surface area contributed by atoms with Crippen molar-refractivity contribution in [3.05, 3.63) is 64.0 Å². The van der Waals surface area contributed by atoms with Gasteiger partial charge in [-0.3, -0.25) is 4.57 Å². The number of anilines is 2. The van der Waals surface area contributed by atoms with Crippen molar-refractivity contribution in [2.45, 2.75) is 6.54 Å². The van der Waals surface area contributed by atoms with Crippen LogP contribution in [0.3, 0.4) is 0 Å². The molecular formula is C24H23FIN9. The van der Waals surface area contributed by atoms with Gasteiger partial charge in [0, 0.05) is 29.7 Å². The summed E-state index contributed by atoms with van der Waals surface area (Å²) in [6, 6.07) is 12.5. The Kier molecular flexibility index (Phi) is 5.72. The van der Waals surface area contributed by atoms with E-state index in [1.54, 1.807) is 17.0 Å². The SMILES string of the molecule is CN1CCN(c2nc(NCc3nc4ccc(I)cc4[nH]3)c3ncn(-c4cccc(F)c4)c3n2)CC1. The lowest BCUT2D eigenvalue weighted by atomic mass is 10.3. The van der Waals surface area contributed by atoms with Crippen LogP contribution in [-0.2, 0) is 6.54 Å². The van der Waals surface area contributed by atoms with E-state index < -0.39 is 0 Å². The summed E-state index contributed by atoms with van der Waals surface area (Å²) in [5.41, 5.74) is 3.82. The molecule has 6 rings (SSSR count). The van der Waals surface area contributed by atoms with E-state index in [0.29, 0.717) is 35.2 Å². The molecule has 1 aliphatic heterocycles. The average Bonchev–Trinajstić information content (AvgIpc) is 3.46. The number of piperazine rings is 1. The highest BCUT2D eigenvalue weighted by molar-refractivity contribution is 14.1. The molecule has 2 aromatic carbocycles. The van der Waals surface area contributed by atoms with Gasteiger partial charge in [0.2, 0.25) is 5.95 Å². The third-order valence-corrected chi connectivity index (χ3v) is 6.84. The maximum absolute atomic E-state index is 14.0. The summed E-state index contributed by atoms with van der Waals surface area (Å²) >= 11 is 2.29. The summed E-state index contributed by atoms with van der Waals surface area (Å²) in [6.07, 6.45) is 1.66. The molecule has 178 valence electrons. The van der Waals surface area contributed by atoms with Crippen molar-refractivity contribution in [3.63, 3.8) is 0 Å². The van der Waals surface area contributed by atoms with Gasteiger partial charge in [0.05, 0.1) is 23.3 Å². The Balaban J connectivity index is 1.39. The van der Waals surface area contributed by atoms with Crippen molar-refractivity contribution < 1.29 is 4.39 Å². The zero-order chi connectivity index (χ0) is 23.9. The fourth-order valence-corrected chi connectivity index (χ4v) is 4.75. The number of hydrogen-bond donors (Lipinski definition) is 2. The molecule has 0 bridgehead atoms. The second-order valence-corrected chi connectivity index (χ2v) is 9.87. The molecule has 11 heteroatoms. The number of aromatic nitrogens is 6. The van der Waals surface area contributed by atoms with E-state index in [4.69, 9.17) is 9.97 Å². The normalized spacial score (nSPS) is 14.8. The molecule has 0 atom stereocenters. The summed E-state index contributed by atoms with van der Waals surface area (Å²) in [4.78, 5) is 26.8. The van der Waals surface area contributed by atoms with E-state index in [0.717, 1.165) is 46.6 Å². The van der Waals surface area contributed by atoms with Crippen molar-refractivity contribution in [2.75, 3.05) is 43.4 Å². The quantitative estimate of drug-likeness (QED) is 0.305. The van der Waals surface area contributed by atoms with Crippen LogP contribution >= 0.6 is 22.6 Å². The minimum Gasteiger partial charge on any atom is -0.361 e. The fourth-order valence-electron chi connectivity index (χ4n) is 4.26. The topological polar surface area (TPSA) is 90.8 Å². The molecule has 0 amide bonds. The van der Waals surface area contributed by atoms with Gasteiger partial charge in [-0.25, -0.2) is 14.4 Å². The maximum Gasteiger partial charge on any atom is 0.229 e. The Bertz CT molecular complexity index is 1520. The van der Waals surface area contributed by atoms with Crippen molar-refractivity contribution in [3.8, 4) is 5.69 Å². The van der Waals surface area contributed by atoms with E-state index >= 15 is 0 Å². The predicted octanol–water partition coefficient (Wildman–Crippen LogP) is 3.80. The van der Waals surface area contributed by atoms with Crippen LogP contribution < -0.4 is 10.2 Å². The van der Waals surface area contributed by atoms with E-state index in [1.165, 1.54) is 12.1 Å². The first-order chi connectivity index (χ1) is 17.0. The minimum absolute atomic E-state index is 0.310. The van der Waals surface area contributed by atoms with Crippen LogP contribution in [0, 0.1) is 9.39 Å². The molecule has 3 aromatic heterocycles. The molecule has 0 saturated carbocycles. The summed E-state index contributed by atoms with van der Waals surface area (Å²) in [7, 11) is 2.11. The van der Waals surface area contributed by atoms with Crippen LogP contribution in [0.5, 0.6) is 0 Å². The van der Waals surface area contributed by atoms with E-state index in [2.05, 4.69) is 65.8 Å². The molecular weight excluding hydrogens is 560 g/mol. The lowest BCUT2D eigenvalue weighted by molar-refractivity contribution is 0.311. The van der Waals surface area contributed by atoms with E-state index in [-0.39, 0.29) is 5.82 Å². The van der Waals surface area contributed by atoms with Crippen molar-refractivity contribution in [2.24, 2.45) is 0 Å². The number of fused-ring (bicyclic) bond motifs is 2. The number of likely N-dealkylation sites (N-methyl/N-ethyl adjacent to an activating group) is 1. The number of benzene rings is 2. The summed E-state index contributed by atoms with van der Waals surface area (Å²) in [5.74, 6) is 1.74. The number of hydrogen-bond acceptors (Lipinski definition) is 7. The number of halogens is 2. The zero-order valence-electron chi connectivity index (χ0n) is 19.0. The van der Waals surface area contributed by atoms with E-state index in [9.17, 15) is 4.39 Å². The molecule has 5 aromatic rings. The lowest BCUT2D eigenvalue weighted by Gasteiger charge is -2.32. The molecule has 0 radical (unpaired) electrons. The largest absolute Gasteiger partial charge is 0.361 e. The Morgan fingerprint density at radius 1 is 1.06 bits per heavy atom. The Labute approximate surface area is 214 Å². The molecule has 1 saturated heterocycles. The molecule has 2 N–H and O–H groups in total. The van der Waals surface area contributed by atoms with Crippen LogP contribution in [0.1, 0.15) is 5.82 Å². The highest BCUT2D eigenvalue weighted by Gasteiger charge is 2.21. The predicted molar refractivity (Wildman–Crippen MR) is 142 cm³/mol.